The summed E-state index contributed by atoms with van der Waals surface area (Å²) in [6.07, 6.45) is -2.82. The Bertz CT molecular complexity index is 1230. The van der Waals surface area contributed by atoms with Gasteiger partial charge >= 0.3 is 6.18 Å². The predicted molar refractivity (Wildman–Crippen MR) is 104 cm³/mol. The summed E-state index contributed by atoms with van der Waals surface area (Å²) in [7, 11) is 4.84. The van der Waals surface area contributed by atoms with Crippen molar-refractivity contribution in [2.45, 2.75) is 6.18 Å². The van der Waals surface area contributed by atoms with Crippen LogP contribution < -0.4 is 9.64 Å². The second-order valence-corrected chi connectivity index (χ2v) is 6.64. The molecule has 0 spiro atoms. The van der Waals surface area contributed by atoms with Crippen LogP contribution in [0.4, 0.5) is 24.7 Å². The number of aromatic nitrogens is 3. The molecule has 0 saturated carbocycles. The number of anilines is 2. The number of halogens is 3. The van der Waals surface area contributed by atoms with E-state index in [1.54, 1.807) is 13.1 Å². The molecule has 6 nitrogen and oxygen atoms in total. The van der Waals surface area contributed by atoms with Gasteiger partial charge in [0.1, 0.15) is 5.82 Å². The first kappa shape index (κ1) is 18.9. The number of methoxy groups -OCH3 is 1. The number of alkyl halides is 3. The number of fused-ring (bicyclic) bond motifs is 2. The summed E-state index contributed by atoms with van der Waals surface area (Å²) in [6.45, 7) is 0. The number of hydrogen-bond donors (Lipinski definition) is 1. The lowest BCUT2D eigenvalue weighted by atomic mass is 10.1. The maximum absolute atomic E-state index is 13.4. The Balaban J connectivity index is 1.94. The van der Waals surface area contributed by atoms with Crippen LogP contribution in [-0.4, -0.2) is 33.8 Å². The predicted octanol–water partition coefficient (Wildman–Crippen LogP) is 4.62. The Morgan fingerprint density at radius 1 is 1.10 bits per heavy atom. The van der Waals surface area contributed by atoms with Crippen LogP contribution in [0.1, 0.15) is 5.82 Å². The minimum Gasteiger partial charge on any atom is -0.504 e. The minimum absolute atomic E-state index is 0.0182. The molecule has 0 aliphatic heterocycles. The van der Waals surface area contributed by atoms with Gasteiger partial charge in [0.2, 0.25) is 5.82 Å². The molecule has 0 unspecified atom stereocenters. The van der Waals surface area contributed by atoms with E-state index in [1.165, 1.54) is 24.1 Å². The fraction of sp³-hybridized carbons (Fsp3) is 0.200. The number of phenolic OH excluding ortho intramolecular Hbond substituents is 1. The van der Waals surface area contributed by atoms with Crippen LogP contribution in [0.5, 0.6) is 11.5 Å². The molecule has 2 aromatic carbocycles. The molecule has 4 rings (SSSR count). The lowest BCUT2D eigenvalue weighted by Gasteiger charge is -2.22. The minimum atomic E-state index is -4.72. The van der Waals surface area contributed by atoms with E-state index in [0.717, 1.165) is 10.9 Å². The molecule has 0 bridgehead atoms. The number of rotatable bonds is 3. The standard InChI is InChI=1S/C20H17F3N4O2/c1-26-7-6-11-8-12(4-5-15(11)26)27(2)18-13-9-16(28)17(29-3)10-14(13)24-19(25-18)20(21,22)23/h4-10,28H,1-3H3. The molecule has 0 radical (unpaired) electrons. The smallest absolute Gasteiger partial charge is 0.451 e. The van der Waals surface area contributed by atoms with Crippen molar-refractivity contribution >= 4 is 33.3 Å². The van der Waals surface area contributed by atoms with Crippen molar-refractivity contribution in [1.29, 1.82) is 0 Å². The Kier molecular flexibility index (Phi) is 4.25. The molecular formula is C20H17F3N4O2. The van der Waals surface area contributed by atoms with E-state index < -0.39 is 12.0 Å². The molecule has 2 aromatic heterocycles. The Morgan fingerprint density at radius 3 is 2.55 bits per heavy atom. The van der Waals surface area contributed by atoms with Gasteiger partial charge in [0.05, 0.1) is 12.6 Å². The third-order valence-electron chi connectivity index (χ3n) is 4.80. The summed E-state index contributed by atoms with van der Waals surface area (Å²) < 4.78 is 47.2. The van der Waals surface area contributed by atoms with Gasteiger partial charge in [-0.05, 0) is 30.3 Å². The van der Waals surface area contributed by atoms with E-state index in [9.17, 15) is 18.3 Å². The second-order valence-electron chi connectivity index (χ2n) is 6.64. The zero-order valence-electron chi connectivity index (χ0n) is 15.8. The number of benzene rings is 2. The zero-order chi connectivity index (χ0) is 20.9. The number of aromatic hydroxyl groups is 1. The van der Waals surface area contributed by atoms with Crippen molar-refractivity contribution in [2.24, 2.45) is 7.05 Å². The normalized spacial score (nSPS) is 11.9. The molecule has 1 N–H and O–H groups in total. The van der Waals surface area contributed by atoms with Crippen LogP contribution in [0.15, 0.2) is 42.6 Å². The third-order valence-corrected chi connectivity index (χ3v) is 4.80. The first-order valence-corrected chi connectivity index (χ1v) is 8.64. The van der Waals surface area contributed by atoms with Crippen molar-refractivity contribution in [2.75, 3.05) is 19.1 Å². The molecule has 0 atom stereocenters. The molecule has 9 heteroatoms. The topological polar surface area (TPSA) is 63.4 Å². The van der Waals surface area contributed by atoms with Gasteiger partial charge < -0.3 is 19.3 Å². The van der Waals surface area contributed by atoms with Crippen LogP contribution in [0.3, 0.4) is 0 Å². The molecule has 0 aliphatic rings. The molecule has 2 heterocycles. The van der Waals surface area contributed by atoms with Crippen LogP contribution in [0.2, 0.25) is 0 Å². The molecule has 4 aromatic rings. The first-order valence-electron chi connectivity index (χ1n) is 8.64. The van der Waals surface area contributed by atoms with Gasteiger partial charge in [-0.3, -0.25) is 0 Å². The summed E-state index contributed by atoms with van der Waals surface area (Å²) in [4.78, 5) is 8.93. The van der Waals surface area contributed by atoms with Gasteiger partial charge in [-0.1, -0.05) is 0 Å². The van der Waals surface area contributed by atoms with Crippen molar-refractivity contribution in [3.8, 4) is 11.5 Å². The average molecular weight is 402 g/mol. The van der Waals surface area contributed by atoms with Gasteiger partial charge in [-0.2, -0.15) is 13.2 Å². The maximum atomic E-state index is 13.4. The lowest BCUT2D eigenvalue weighted by molar-refractivity contribution is -0.144. The summed E-state index contributed by atoms with van der Waals surface area (Å²) in [5.74, 6) is -1.42. The number of phenols is 1. The zero-order valence-corrected chi connectivity index (χ0v) is 15.8. The van der Waals surface area contributed by atoms with Gasteiger partial charge in [0.25, 0.3) is 0 Å². The van der Waals surface area contributed by atoms with E-state index >= 15 is 0 Å². The van der Waals surface area contributed by atoms with Crippen molar-refractivity contribution in [3.05, 3.63) is 48.4 Å². The fourth-order valence-corrected chi connectivity index (χ4v) is 3.27. The lowest BCUT2D eigenvalue weighted by Crippen LogP contribution is -2.17. The van der Waals surface area contributed by atoms with E-state index in [-0.39, 0.29) is 28.2 Å². The second kappa shape index (κ2) is 6.54. The molecule has 0 aliphatic carbocycles. The number of nitrogens with zero attached hydrogens (tertiary/aromatic N) is 4. The Labute approximate surface area is 163 Å². The largest absolute Gasteiger partial charge is 0.504 e. The highest BCUT2D eigenvalue weighted by Crippen LogP contribution is 2.38. The van der Waals surface area contributed by atoms with Crippen LogP contribution >= 0.6 is 0 Å². The molecule has 0 saturated heterocycles. The van der Waals surface area contributed by atoms with Crippen molar-refractivity contribution in [1.82, 2.24) is 14.5 Å². The van der Waals surface area contributed by atoms with E-state index in [4.69, 9.17) is 4.74 Å². The summed E-state index contributed by atoms with van der Waals surface area (Å²) in [5, 5.41) is 11.3. The van der Waals surface area contributed by atoms with Crippen molar-refractivity contribution < 1.29 is 23.0 Å². The van der Waals surface area contributed by atoms with E-state index in [2.05, 4.69) is 9.97 Å². The average Bonchev–Trinajstić information content (AvgIpc) is 3.05. The van der Waals surface area contributed by atoms with Gasteiger partial charge in [-0.25, -0.2) is 9.97 Å². The molecule has 0 fully saturated rings. The maximum Gasteiger partial charge on any atom is 0.451 e. The fourth-order valence-electron chi connectivity index (χ4n) is 3.27. The van der Waals surface area contributed by atoms with Crippen LogP contribution in [0, 0.1) is 0 Å². The van der Waals surface area contributed by atoms with E-state index in [0.29, 0.717) is 5.69 Å². The highest BCUT2D eigenvalue weighted by molar-refractivity contribution is 5.95. The molecule has 0 amide bonds. The molecule has 29 heavy (non-hydrogen) atoms. The number of aryl methyl sites for hydroxylation is 1. The first-order chi connectivity index (χ1) is 13.7. The summed E-state index contributed by atoms with van der Waals surface area (Å²) in [5.41, 5.74) is 1.66. The number of hydrogen-bond acceptors (Lipinski definition) is 5. The monoisotopic (exact) mass is 402 g/mol. The van der Waals surface area contributed by atoms with E-state index in [1.807, 2.05) is 36.0 Å². The summed E-state index contributed by atoms with van der Waals surface area (Å²) >= 11 is 0. The van der Waals surface area contributed by atoms with Crippen LogP contribution in [0.25, 0.3) is 21.8 Å². The summed E-state index contributed by atoms with van der Waals surface area (Å²) in [6, 6.07) is 10.0. The molecule has 150 valence electrons. The van der Waals surface area contributed by atoms with Gasteiger partial charge in [0, 0.05) is 48.3 Å². The highest BCUT2D eigenvalue weighted by atomic mass is 19.4. The highest BCUT2D eigenvalue weighted by Gasteiger charge is 2.36. The third kappa shape index (κ3) is 3.18. The van der Waals surface area contributed by atoms with Crippen LogP contribution in [-0.2, 0) is 13.2 Å². The molecular weight excluding hydrogens is 385 g/mol. The quantitative estimate of drug-likeness (QED) is 0.542. The Morgan fingerprint density at radius 2 is 1.86 bits per heavy atom. The van der Waals surface area contributed by atoms with Gasteiger partial charge in [0.15, 0.2) is 11.5 Å². The van der Waals surface area contributed by atoms with Crippen molar-refractivity contribution in [3.63, 3.8) is 0 Å². The number of ether oxygens (including phenoxy) is 1. The van der Waals surface area contributed by atoms with Gasteiger partial charge in [-0.15, -0.1) is 0 Å². The SMILES string of the molecule is COc1cc2nc(C(F)(F)F)nc(N(C)c3ccc4c(ccn4C)c3)c2cc1O. The Hall–Kier alpha value is -3.49.